The normalized spacial score (nSPS) is 13.4. The van der Waals surface area contributed by atoms with Gasteiger partial charge in [0, 0.05) is 11.8 Å². The first-order valence-electron chi connectivity index (χ1n) is 7.63. The van der Waals surface area contributed by atoms with Gasteiger partial charge in [0.15, 0.2) is 0 Å². The number of carbonyl (C=O) groups excluding carboxylic acids is 1. The smallest absolute Gasteiger partial charge is 0.326 e. The quantitative estimate of drug-likeness (QED) is 0.767. The maximum atomic E-state index is 12.5. The van der Waals surface area contributed by atoms with Crippen LogP contribution in [0.5, 0.6) is 0 Å². The molecule has 6 nitrogen and oxygen atoms in total. The Labute approximate surface area is 130 Å². The van der Waals surface area contributed by atoms with Crippen molar-refractivity contribution < 1.29 is 14.7 Å². The minimum absolute atomic E-state index is 0.224. The highest BCUT2D eigenvalue weighted by Gasteiger charge is 2.26. The van der Waals surface area contributed by atoms with Crippen LogP contribution in [-0.2, 0) is 9.59 Å². The summed E-state index contributed by atoms with van der Waals surface area (Å²) in [5.41, 5.74) is 0.332. The SMILES string of the molecule is CCCC(NC(=O)C(CCC)n1cccc(C)c1=O)C(=O)O. The lowest BCUT2D eigenvalue weighted by Crippen LogP contribution is -2.45. The van der Waals surface area contributed by atoms with Crippen molar-refractivity contribution in [2.24, 2.45) is 0 Å². The second kappa shape index (κ2) is 8.36. The van der Waals surface area contributed by atoms with Gasteiger partial charge in [0.05, 0.1) is 0 Å². The Hall–Kier alpha value is -2.11. The fraction of sp³-hybridized carbons (Fsp3) is 0.562. The molecule has 6 heteroatoms. The molecular formula is C16H24N2O4. The summed E-state index contributed by atoms with van der Waals surface area (Å²) in [7, 11) is 0. The molecule has 0 fully saturated rings. The number of rotatable bonds is 8. The molecule has 1 amide bonds. The third-order valence-electron chi connectivity index (χ3n) is 3.56. The van der Waals surface area contributed by atoms with Crippen LogP contribution >= 0.6 is 0 Å². The van der Waals surface area contributed by atoms with Crippen molar-refractivity contribution >= 4 is 11.9 Å². The summed E-state index contributed by atoms with van der Waals surface area (Å²) in [5, 5.41) is 11.7. The van der Waals surface area contributed by atoms with Gasteiger partial charge in [-0.1, -0.05) is 32.8 Å². The first-order valence-corrected chi connectivity index (χ1v) is 7.63. The van der Waals surface area contributed by atoms with Crippen LogP contribution in [0.3, 0.4) is 0 Å². The molecule has 122 valence electrons. The van der Waals surface area contributed by atoms with Crippen LogP contribution in [0, 0.1) is 6.92 Å². The van der Waals surface area contributed by atoms with E-state index in [-0.39, 0.29) is 5.56 Å². The van der Waals surface area contributed by atoms with E-state index in [1.807, 2.05) is 13.8 Å². The van der Waals surface area contributed by atoms with Gasteiger partial charge in [-0.3, -0.25) is 9.59 Å². The lowest BCUT2D eigenvalue weighted by Gasteiger charge is -2.22. The molecule has 1 heterocycles. The Morgan fingerprint density at radius 3 is 2.45 bits per heavy atom. The number of nitrogens with zero attached hydrogens (tertiary/aromatic N) is 1. The van der Waals surface area contributed by atoms with Gasteiger partial charge in [0.25, 0.3) is 5.56 Å². The van der Waals surface area contributed by atoms with E-state index >= 15 is 0 Å². The van der Waals surface area contributed by atoms with Crippen molar-refractivity contribution in [2.45, 2.75) is 58.5 Å². The van der Waals surface area contributed by atoms with E-state index in [2.05, 4.69) is 5.32 Å². The van der Waals surface area contributed by atoms with E-state index in [0.29, 0.717) is 31.2 Å². The fourth-order valence-electron chi connectivity index (χ4n) is 2.35. The molecule has 0 saturated carbocycles. The second-order valence-electron chi connectivity index (χ2n) is 5.40. The summed E-state index contributed by atoms with van der Waals surface area (Å²) >= 11 is 0. The van der Waals surface area contributed by atoms with Crippen molar-refractivity contribution in [1.29, 1.82) is 0 Å². The molecule has 2 unspecified atom stereocenters. The number of pyridine rings is 1. The van der Waals surface area contributed by atoms with E-state index < -0.39 is 24.0 Å². The van der Waals surface area contributed by atoms with Crippen LogP contribution in [0.15, 0.2) is 23.1 Å². The molecule has 0 saturated heterocycles. The van der Waals surface area contributed by atoms with Gasteiger partial charge >= 0.3 is 5.97 Å². The van der Waals surface area contributed by atoms with Crippen LogP contribution in [0.4, 0.5) is 0 Å². The fourth-order valence-corrected chi connectivity index (χ4v) is 2.35. The maximum Gasteiger partial charge on any atom is 0.326 e. The Morgan fingerprint density at radius 2 is 1.91 bits per heavy atom. The number of carbonyl (C=O) groups is 2. The second-order valence-corrected chi connectivity index (χ2v) is 5.40. The van der Waals surface area contributed by atoms with E-state index in [9.17, 15) is 14.4 Å². The van der Waals surface area contributed by atoms with Gasteiger partial charge in [-0.2, -0.15) is 0 Å². The molecule has 2 N–H and O–H groups in total. The topological polar surface area (TPSA) is 88.4 Å². The van der Waals surface area contributed by atoms with Crippen molar-refractivity contribution in [2.75, 3.05) is 0 Å². The summed E-state index contributed by atoms with van der Waals surface area (Å²) in [6, 6.07) is 1.80. The summed E-state index contributed by atoms with van der Waals surface area (Å²) < 4.78 is 1.39. The van der Waals surface area contributed by atoms with Crippen LogP contribution in [0.1, 0.15) is 51.1 Å². The third-order valence-corrected chi connectivity index (χ3v) is 3.56. The van der Waals surface area contributed by atoms with Crippen LogP contribution in [-0.4, -0.2) is 27.6 Å². The largest absolute Gasteiger partial charge is 0.480 e. The number of carboxylic acid groups (broad SMARTS) is 1. The van der Waals surface area contributed by atoms with Crippen molar-refractivity contribution in [3.63, 3.8) is 0 Å². The molecule has 1 aromatic heterocycles. The molecule has 0 aliphatic heterocycles. The van der Waals surface area contributed by atoms with Gasteiger partial charge in [-0.25, -0.2) is 4.79 Å². The van der Waals surface area contributed by atoms with E-state index in [1.54, 1.807) is 25.3 Å². The van der Waals surface area contributed by atoms with Gasteiger partial charge < -0.3 is 15.0 Å². The van der Waals surface area contributed by atoms with E-state index in [0.717, 1.165) is 0 Å². The summed E-state index contributed by atoms with van der Waals surface area (Å²) in [5.74, 6) is -1.47. The average molecular weight is 308 g/mol. The van der Waals surface area contributed by atoms with Crippen LogP contribution in [0.25, 0.3) is 0 Å². The Bertz CT molecular complexity index is 580. The van der Waals surface area contributed by atoms with Crippen LogP contribution in [0.2, 0.25) is 0 Å². The van der Waals surface area contributed by atoms with Crippen LogP contribution < -0.4 is 10.9 Å². The number of carboxylic acids is 1. The molecular weight excluding hydrogens is 284 g/mol. The van der Waals surface area contributed by atoms with Gasteiger partial charge in [0.2, 0.25) is 5.91 Å². The van der Waals surface area contributed by atoms with Gasteiger partial charge in [0.1, 0.15) is 12.1 Å². The Kier molecular flexibility index (Phi) is 6.82. The standard InChI is InChI=1S/C16H24N2O4/c1-4-7-12(16(21)22)17-14(19)13(8-5-2)18-10-6-9-11(3)15(18)20/h6,9-10,12-13H,4-5,7-8H2,1-3H3,(H,17,19)(H,21,22). The lowest BCUT2D eigenvalue weighted by molar-refractivity contribution is -0.142. The van der Waals surface area contributed by atoms with E-state index in [4.69, 9.17) is 5.11 Å². The Morgan fingerprint density at radius 1 is 1.27 bits per heavy atom. The number of aliphatic carboxylic acids is 1. The predicted molar refractivity (Wildman–Crippen MR) is 83.9 cm³/mol. The molecule has 1 aromatic rings. The monoisotopic (exact) mass is 308 g/mol. The average Bonchev–Trinajstić information content (AvgIpc) is 2.47. The summed E-state index contributed by atoms with van der Waals surface area (Å²) in [4.78, 5) is 35.8. The van der Waals surface area contributed by atoms with Crippen molar-refractivity contribution in [3.8, 4) is 0 Å². The van der Waals surface area contributed by atoms with Gasteiger partial charge in [-0.05, 0) is 25.8 Å². The summed E-state index contributed by atoms with van der Waals surface area (Å²) in [6.45, 7) is 5.47. The van der Waals surface area contributed by atoms with Gasteiger partial charge in [-0.15, -0.1) is 0 Å². The number of amides is 1. The first kappa shape index (κ1) is 17.9. The first-order chi connectivity index (χ1) is 10.4. The third kappa shape index (κ3) is 4.44. The number of aryl methyl sites for hydroxylation is 1. The molecule has 22 heavy (non-hydrogen) atoms. The maximum absolute atomic E-state index is 12.5. The zero-order valence-electron chi connectivity index (χ0n) is 13.3. The zero-order chi connectivity index (χ0) is 16.7. The number of nitrogens with one attached hydrogen (secondary N) is 1. The zero-order valence-corrected chi connectivity index (χ0v) is 13.3. The van der Waals surface area contributed by atoms with E-state index in [1.165, 1.54) is 4.57 Å². The molecule has 0 aromatic carbocycles. The number of hydrogen-bond donors (Lipinski definition) is 2. The molecule has 0 aliphatic rings. The minimum atomic E-state index is -1.05. The molecule has 0 bridgehead atoms. The molecule has 0 spiro atoms. The molecule has 2 atom stereocenters. The predicted octanol–water partition coefficient (Wildman–Crippen LogP) is 1.87. The lowest BCUT2D eigenvalue weighted by atomic mass is 10.1. The number of aromatic nitrogens is 1. The molecule has 0 aliphatic carbocycles. The van der Waals surface area contributed by atoms with Crippen molar-refractivity contribution in [1.82, 2.24) is 9.88 Å². The highest BCUT2D eigenvalue weighted by Crippen LogP contribution is 2.13. The molecule has 0 radical (unpaired) electrons. The Balaban J connectivity index is 3.04. The number of hydrogen-bond acceptors (Lipinski definition) is 3. The highest BCUT2D eigenvalue weighted by molar-refractivity contribution is 5.85. The molecule has 1 rings (SSSR count). The van der Waals surface area contributed by atoms with Crippen molar-refractivity contribution in [3.05, 3.63) is 34.2 Å². The summed E-state index contributed by atoms with van der Waals surface area (Å²) in [6.07, 6.45) is 3.78. The minimum Gasteiger partial charge on any atom is -0.480 e. The highest BCUT2D eigenvalue weighted by atomic mass is 16.4.